The summed E-state index contributed by atoms with van der Waals surface area (Å²) in [4.78, 5) is 0. The molecule has 0 heterocycles. The molecule has 0 aromatic heterocycles. The first-order chi connectivity index (χ1) is 9.81. The Morgan fingerprint density at radius 2 is 2.00 bits per heavy atom. The Morgan fingerprint density at radius 1 is 1.15 bits per heavy atom. The molecule has 5 nitrogen and oxygen atoms in total. The quantitative estimate of drug-likeness (QED) is 0.604. The van der Waals surface area contributed by atoms with Gasteiger partial charge in [-0.15, -0.1) is 0 Å². The van der Waals surface area contributed by atoms with Gasteiger partial charge in [-0.1, -0.05) is 6.07 Å². The van der Waals surface area contributed by atoms with Crippen LogP contribution in [0, 0.1) is 0 Å². The molecule has 0 atom stereocenters. The Labute approximate surface area is 120 Å². The van der Waals surface area contributed by atoms with Crippen LogP contribution in [0.2, 0.25) is 0 Å². The molecule has 0 fully saturated rings. The number of ether oxygens (including phenoxy) is 3. The third-order valence-electron chi connectivity index (χ3n) is 2.68. The van der Waals surface area contributed by atoms with E-state index >= 15 is 0 Å². The van der Waals surface area contributed by atoms with E-state index in [1.807, 2.05) is 25.1 Å². The highest BCUT2D eigenvalue weighted by Crippen LogP contribution is 2.28. The molecule has 0 amide bonds. The van der Waals surface area contributed by atoms with Gasteiger partial charge in [-0.3, -0.25) is 0 Å². The molecule has 5 heteroatoms. The van der Waals surface area contributed by atoms with Crippen molar-refractivity contribution in [1.29, 1.82) is 0 Å². The maximum atomic E-state index is 8.77. The normalized spacial score (nSPS) is 10.6. The van der Waals surface area contributed by atoms with Crippen LogP contribution in [0.3, 0.4) is 0 Å². The zero-order valence-corrected chi connectivity index (χ0v) is 12.4. The van der Waals surface area contributed by atoms with E-state index in [1.54, 1.807) is 7.11 Å². The van der Waals surface area contributed by atoms with Crippen LogP contribution in [0.25, 0.3) is 0 Å². The van der Waals surface area contributed by atoms with Gasteiger partial charge in [-0.2, -0.15) is 0 Å². The number of benzene rings is 1. The second-order valence-electron chi connectivity index (χ2n) is 4.31. The van der Waals surface area contributed by atoms with Crippen LogP contribution in [0.5, 0.6) is 11.5 Å². The third kappa shape index (κ3) is 6.23. The van der Waals surface area contributed by atoms with Crippen LogP contribution in [0.15, 0.2) is 18.2 Å². The van der Waals surface area contributed by atoms with Gasteiger partial charge < -0.3 is 24.6 Å². The Morgan fingerprint density at radius 3 is 2.70 bits per heavy atom. The molecule has 2 N–H and O–H groups in total. The van der Waals surface area contributed by atoms with Gasteiger partial charge in [0.2, 0.25) is 0 Å². The van der Waals surface area contributed by atoms with Crippen molar-refractivity contribution < 1.29 is 19.3 Å². The van der Waals surface area contributed by atoms with E-state index in [-0.39, 0.29) is 6.61 Å². The minimum Gasteiger partial charge on any atom is -0.490 e. The van der Waals surface area contributed by atoms with Gasteiger partial charge >= 0.3 is 0 Å². The molecule has 0 saturated heterocycles. The molecule has 0 bridgehead atoms. The number of rotatable bonds is 11. The molecule has 0 aliphatic rings. The second-order valence-corrected chi connectivity index (χ2v) is 4.31. The number of aliphatic hydroxyl groups excluding tert-OH is 1. The average molecular weight is 283 g/mol. The SMILES string of the molecule is CCOc1cc(CNCCOC)ccc1OCCCO. The van der Waals surface area contributed by atoms with Crippen LogP contribution in [0.4, 0.5) is 0 Å². The van der Waals surface area contributed by atoms with Crippen molar-refractivity contribution in [3.63, 3.8) is 0 Å². The standard InChI is InChI=1S/C15H25NO4/c1-3-19-15-11-13(12-16-7-10-18-2)5-6-14(15)20-9-4-8-17/h5-6,11,16-17H,3-4,7-10,12H2,1-2H3. The predicted molar refractivity (Wildman–Crippen MR) is 78.4 cm³/mol. The highest BCUT2D eigenvalue weighted by Gasteiger charge is 2.06. The van der Waals surface area contributed by atoms with Gasteiger partial charge in [0, 0.05) is 33.2 Å². The van der Waals surface area contributed by atoms with Gasteiger partial charge in [0.05, 0.1) is 19.8 Å². The Hall–Kier alpha value is -1.30. The number of hydrogen-bond acceptors (Lipinski definition) is 5. The maximum Gasteiger partial charge on any atom is 0.161 e. The average Bonchev–Trinajstić information content (AvgIpc) is 2.46. The number of aliphatic hydroxyl groups is 1. The van der Waals surface area contributed by atoms with Crippen molar-refractivity contribution in [2.75, 3.05) is 40.1 Å². The summed E-state index contributed by atoms with van der Waals surface area (Å²) in [5, 5.41) is 12.1. The molecule has 0 unspecified atom stereocenters. The highest BCUT2D eigenvalue weighted by molar-refractivity contribution is 5.43. The van der Waals surface area contributed by atoms with Gasteiger partial charge in [0.15, 0.2) is 11.5 Å². The predicted octanol–water partition coefficient (Wildman–Crippen LogP) is 1.58. The fraction of sp³-hybridized carbons (Fsp3) is 0.600. The van der Waals surface area contributed by atoms with Gasteiger partial charge in [0.25, 0.3) is 0 Å². The van der Waals surface area contributed by atoms with Crippen LogP contribution < -0.4 is 14.8 Å². The lowest BCUT2D eigenvalue weighted by molar-refractivity contribution is 0.199. The number of nitrogens with one attached hydrogen (secondary N) is 1. The highest BCUT2D eigenvalue weighted by atomic mass is 16.5. The summed E-state index contributed by atoms with van der Waals surface area (Å²) >= 11 is 0. The lowest BCUT2D eigenvalue weighted by Crippen LogP contribution is -2.18. The first-order valence-electron chi connectivity index (χ1n) is 7.00. The maximum absolute atomic E-state index is 8.77. The van der Waals surface area contributed by atoms with Crippen LogP contribution in [-0.2, 0) is 11.3 Å². The summed E-state index contributed by atoms with van der Waals surface area (Å²) < 4.78 is 16.2. The minimum absolute atomic E-state index is 0.130. The van der Waals surface area contributed by atoms with Gasteiger partial charge in [-0.05, 0) is 24.6 Å². The van der Waals surface area contributed by atoms with E-state index in [9.17, 15) is 0 Å². The van der Waals surface area contributed by atoms with Crippen molar-refractivity contribution in [2.45, 2.75) is 19.9 Å². The summed E-state index contributed by atoms with van der Waals surface area (Å²) in [6.45, 7) is 5.43. The summed E-state index contributed by atoms with van der Waals surface area (Å²) in [5.74, 6) is 1.47. The van der Waals surface area contributed by atoms with Crippen molar-refractivity contribution in [3.8, 4) is 11.5 Å². The van der Waals surface area contributed by atoms with E-state index < -0.39 is 0 Å². The molecule has 0 radical (unpaired) electrons. The zero-order chi connectivity index (χ0) is 14.6. The molecule has 0 aliphatic carbocycles. The third-order valence-corrected chi connectivity index (χ3v) is 2.68. The summed E-state index contributed by atoms with van der Waals surface area (Å²) in [7, 11) is 1.69. The monoisotopic (exact) mass is 283 g/mol. The second kappa shape index (κ2) is 10.5. The Bertz CT molecular complexity index is 371. The first-order valence-corrected chi connectivity index (χ1v) is 7.00. The van der Waals surface area contributed by atoms with Gasteiger partial charge in [-0.25, -0.2) is 0 Å². The number of hydrogen-bond donors (Lipinski definition) is 2. The molecule has 1 rings (SSSR count). The molecule has 20 heavy (non-hydrogen) atoms. The lowest BCUT2D eigenvalue weighted by Gasteiger charge is -2.13. The minimum atomic E-state index is 0.130. The van der Waals surface area contributed by atoms with E-state index in [1.165, 1.54) is 0 Å². The van der Waals surface area contributed by atoms with Crippen molar-refractivity contribution in [3.05, 3.63) is 23.8 Å². The van der Waals surface area contributed by atoms with Crippen LogP contribution in [0.1, 0.15) is 18.9 Å². The molecule has 1 aromatic rings. The Balaban J connectivity index is 2.58. The lowest BCUT2D eigenvalue weighted by atomic mass is 10.2. The van der Waals surface area contributed by atoms with Crippen molar-refractivity contribution >= 4 is 0 Å². The molecular formula is C15H25NO4. The smallest absolute Gasteiger partial charge is 0.161 e. The van der Waals surface area contributed by atoms with E-state index in [4.69, 9.17) is 19.3 Å². The Kier molecular flexibility index (Phi) is 8.78. The van der Waals surface area contributed by atoms with E-state index in [0.717, 1.165) is 30.2 Å². The van der Waals surface area contributed by atoms with Crippen molar-refractivity contribution in [1.82, 2.24) is 5.32 Å². The molecule has 0 spiro atoms. The largest absolute Gasteiger partial charge is 0.490 e. The number of methoxy groups -OCH3 is 1. The summed E-state index contributed by atoms with van der Waals surface area (Å²) in [5.41, 5.74) is 1.14. The van der Waals surface area contributed by atoms with Crippen molar-refractivity contribution in [2.24, 2.45) is 0 Å². The molecule has 0 aliphatic heterocycles. The van der Waals surface area contributed by atoms with E-state index in [0.29, 0.717) is 26.2 Å². The molecular weight excluding hydrogens is 258 g/mol. The molecule has 114 valence electrons. The van der Waals surface area contributed by atoms with E-state index in [2.05, 4.69) is 5.32 Å². The summed E-state index contributed by atoms with van der Waals surface area (Å²) in [6, 6.07) is 5.91. The zero-order valence-electron chi connectivity index (χ0n) is 12.4. The van der Waals surface area contributed by atoms with Crippen LogP contribution >= 0.6 is 0 Å². The fourth-order valence-electron chi connectivity index (χ4n) is 1.70. The topological polar surface area (TPSA) is 60.0 Å². The molecule has 1 aromatic carbocycles. The first kappa shape index (κ1) is 16.8. The van der Waals surface area contributed by atoms with Gasteiger partial charge in [0.1, 0.15) is 0 Å². The van der Waals surface area contributed by atoms with Crippen LogP contribution in [-0.4, -0.2) is 45.2 Å². The molecule has 0 saturated carbocycles. The summed E-state index contributed by atoms with van der Waals surface area (Å²) in [6.07, 6.45) is 0.617. The fourth-order valence-corrected chi connectivity index (χ4v) is 1.70.